The average molecular weight is 396 g/mol. The number of rotatable bonds is 6. The molecule has 0 atom stereocenters. The Morgan fingerprint density at radius 2 is 2.00 bits per heavy atom. The number of pyridine rings is 1. The molecule has 0 aliphatic carbocycles. The highest BCUT2D eigenvalue weighted by Gasteiger charge is 2.10. The minimum absolute atomic E-state index is 0.00187. The highest BCUT2D eigenvalue weighted by Crippen LogP contribution is 2.24. The average Bonchev–Trinajstić information content (AvgIpc) is 3.18. The Bertz CT molecular complexity index is 1110. The molecule has 5 nitrogen and oxygen atoms in total. The van der Waals surface area contributed by atoms with E-state index in [0.29, 0.717) is 12.0 Å². The summed E-state index contributed by atoms with van der Waals surface area (Å²) < 4.78 is 7.37. The van der Waals surface area contributed by atoms with Crippen LogP contribution in [0, 0.1) is 0 Å². The Kier molecular flexibility index (Phi) is 5.22. The van der Waals surface area contributed by atoms with E-state index in [2.05, 4.69) is 9.97 Å². The maximum absolute atomic E-state index is 12.3. The number of benzene rings is 1. The number of fused-ring (bicyclic) bond motifs is 1. The summed E-state index contributed by atoms with van der Waals surface area (Å²) >= 11 is 3.05. The highest BCUT2D eigenvalue weighted by atomic mass is 32.2. The van der Waals surface area contributed by atoms with Gasteiger partial charge in [0.15, 0.2) is 5.16 Å². The van der Waals surface area contributed by atoms with Crippen LogP contribution in [0.4, 0.5) is 0 Å². The normalized spacial score (nSPS) is 11.0. The summed E-state index contributed by atoms with van der Waals surface area (Å²) in [4.78, 5) is 22.0. The van der Waals surface area contributed by atoms with E-state index < -0.39 is 0 Å². The second-order valence-electron chi connectivity index (χ2n) is 5.94. The third-order valence-electron chi connectivity index (χ3n) is 4.07. The van der Waals surface area contributed by atoms with Gasteiger partial charge in [-0.3, -0.25) is 14.3 Å². The maximum Gasteiger partial charge on any atom is 0.262 e. The molecule has 0 N–H and O–H groups in total. The molecule has 0 bridgehead atoms. The van der Waals surface area contributed by atoms with E-state index >= 15 is 0 Å². The molecule has 0 spiro atoms. The van der Waals surface area contributed by atoms with Gasteiger partial charge in [0, 0.05) is 19.0 Å². The zero-order chi connectivity index (χ0) is 18.6. The first-order valence-electron chi connectivity index (χ1n) is 8.39. The Morgan fingerprint density at radius 3 is 2.78 bits per heavy atom. The van der Waals surface area contributed by atoms with Gasteiger partial charge in [-0.05, 0) is 41.3 Å². The Labute approximate surface area is 164 Å². The van der Waals surface area contributed by atoms with E-state index in [0.717, 1.165) is 32.7 Å². The molecule has 4 rings (SSSR count). The summed E-state index contributed by atoms with van der Waals surface area (Å²) in [5.41, 5.74) is 2.04. The molecule has 0 saturated heterocycles. The van der Waals surface area contributed by atoms with Crippen LogP contribution in [-0.4, -0.2) is 14.5 Å². The van der Waals surface area contributed by atoms with Crippen molar-refractivity contribution in [2.24, 2.45) is 7.05 Å². The molecule has 0 fully saturated rings. The van der Waals surface area contributed by atoms with Crippen LogP contribution in [0.15, 0.2) is 70.1 Å². The molecule has 3 heterocycles. The fourth-order valence-corrected chi connectivity index (χ4v) is 4.31. The summed E-state index contributed by atoms with van der Waals surface area (Å²) in [6.45, 7) is 0.446. The largest absolute Gasteiger partial charge is 0.487 e. The lowest BCUT2D eigenvalue weighted by molar-refractivity contribution is 0.301. The van der Waals surface area contributed by atoms with Crippen molar-refractivity contribution in [1.82, 2.24) is 14.5 Å². The molecule has 0 unspecified atom stereocenters. The minimum Gasteiger partial charge on any atom is -0.487 e. The van der Waals surface area contributed by atoms with Crippen LogP contribution in [0.2, 0.25) is 0 Å². The van der Waals surface area contributed by atoms with Gasteiger partial charge in [0.05, 0.1) is 11.1 Å². The number of hydrogen-bond donors (Lipinski definition) is 0. The predicted octanol–water partition coefficient (Wildman–Crippen LogP) is 4.26. The number of thioether (sulfide) groups is 1. The molecule has 3 aromatic heterocycles. The van der Waals surface area contributed by atoms with E-state index in [1.165, 1.54) is 11.3 Å². The number of hydrogen-bond acceptors (Lipinski definition) is 6. The van der Waals surface area contributed by atoms with Crippen molar-refractivity contribution in [1.29, 1.82) is 0 Å². The molecule has 0 radical (unpaired) electrons. The van der Waals surface area contributed by atoms with Gasteiger partial charge in [-0.2, -0.15) is 0 Å². The van der Waals surface area contributed by atoms with Crippen LogP contribution in [0.5, 0.6) is 5.75 Å². The summed E-state index contributed by atoms with van der Waals surface area (Å²) in [7, 11) is 1.77. The van der Waals surface area contributed by atoms with Gasteiger partial charge in [-0.25, -0.2) is 4.98 Å². The quantitative estimate of drug-likeness (QED) is 0.361. The van der Waals surface area contributed by atoms with Gasteiger partial charge < -0.3 is 4.74 Å². The van der Waals surface area contributed by atoms with Crippen LogP contribution in [0.25, 0.3) is 10.2 Å². The molecular formula is C20H17N3O2S2. The van der Waals surface area contributed by atoms with Crippen LogP contribution >= 0.6 is 23.1 Å². The third-order valence-corrected chi connectivity index (χ3v) is 5.98. The fourth-order valence-electron chi connectivity index (χ4n) is 2.58. The van der Waals surface area contributed by atoms with Crippen molar-refractivity contribution in [2.45, 2.75) is 17.5 Å². The first kappa shape index (κ1) is 17.8. The second kappa shape index (κ2) is 7.94. The maximum atomic E-state index is 12.3. The number of thiophene rings is 1. The highest BCUT2D eigenvalue weighted by molar-refractivity contribution is 7.98. The van der Waals surface area contributed by atoms with Gasteiger partial charge in [0.2, 0.25) is 0 Å². The van der Waals surface area contributed by atoms with E-state index in [-0.39, 0.29) is 5.56 Å². The van der Waals surface area contributed by atoms with Gasteiger partial charge >= 0.3 is 0 Å². The molecule has 4 aromatic rings. The zero-order valence-corrected chi connectivity index (χ0v) is 16.3. The molecular weight excluding hydrogens is 378 g/mol. The number of aromatic nitrogens is 3. The van der Waals surface area contributed by atoms with E-state index in [1.54, 1.807) is 29.6 Å². The molecule has 0 aliphatic heterocycles. The molecule has 7 heteroatoms. The molecule has 0 aliphatic rings. The molecule has 0 amide bonds. The second-order valence-corrected chi connectivity index (χ2v) is 7.78. The van der Waals surface area contributed by atoms with Gasteiger partial charge in [-0.1, -0.05) is 30.0 Å². The van der Waals surface area contributed by atoms with Crippen LogP contribution in [-0.2, 0) is 19.4 Å². The van der Waals surface area contributed by atoms with Crippen molar-refractivity contribution >= 4 is 33.3 Å². The lowest BCUT2D eigenvalue weighted by Gasteiger charge is -2.08. The predicted molar refractivity (Wildman–Crippen MR) is 109 cm³/mol. The van der Waals surface area contributed by atoms with Crippen molar-refractivity contribution in [3.8, 4) is 5.75 Å². The molecule has 136 valence electrons. The van der Waals surface area contributed by atoms with Crippen LogP contribution in [0.1, 0.15) is 11.3 Å². The molecule has 27 heavy (non-hydrogen) atoms. The standard InChI is InChI=1S/C20H17N3O2S2/c1-23-19(24)17-9-11-26-18(17)22-20(23)27-13-14-5-7-16(8-6-14)25-12-15-4-2-3-10-21-15/h2-11H,12-13H2,1H3. The topological polar surface area (TPSA) is 57.0 Å². The monoisotopic (exact) mass is 395 g/mol. The number of ether oxygens (including phenoxy) is 1. The Morgan fingerprint density at radius 1 is 1.15 bits per heavy atom. The lowest BCUT2D eigenvalue weighted by atomic mass is 10.2. The van der Waals surface area contributed by atoms with Crippen LogP contribution < -0.4 is 10.3 Å². The van der Waals surface area contributed by atoms with Gasteiger partial charge in [-0.15, -0.1) is 11.3 Å². The number of nitrogens with zero attached hydrogens (tertiary/aromatic N) is 3. The van der Waals surface area contributed by atoms with Crippen LogP contribution in [0.3, 0.4) is 0 Å². The first-order valence-corrected chi connectivity index (χ1v) is 10.3. The summed E-state index contributed by atoms with van der Waals surface area (Å²) in [6.07, 6.45) is 1.76. The zero-order valence-electron chi connectivity index (χ0n) is 14.7. The van der Waals surface area contributed by atoms with Crippen molar-refractivity contribution < 1.29 is 4.74 Å². The smallest absolute Gasteiger partial charge is 0.262 e. The summed E-state index contributed by atoms with van der Waals surface area (Å²) in [6, 6.07) is 15.6. The summed E-state index contributed by atoms with van der Waals surface area (Å²) in [5.74, 6) is 1.54. The fraction of sp³-hybridized carbons (Fsp3) is 0.150. The van der Waals surface area contributed by atoms with Gasteiger partial charge in [0.1, 0.15) is 17.2 Å². The van der Waals surface area contributed by atoms with E-state index in [1.807, 2.05) is 53.9 Å². The minimum atomic E-state index is 0.00187. The van der Waals surface area contributed by atoms with Crippen molar-refractivity contribution in [3.63, 3.8) is 0 Å². The third kappa shape index (κ3) is 4.04. The Balaban J connectivity index is 1.40. The molecule has 1 aromatic carbocycles. The van der Waals surface area contributed by atoms with E-state index in [4.69, 9.17) is 4.74 Å². The SMILES string of the molecule is Cn1c(SCc2ccc(OCc3ccccn3)cc2)nc2sccc2c1=O. The summed E-state index contributed by atoms with van der Waals surface area (Å²) in [5, 5.41) is 3.31. The Hall–Kier alpha value is -2.64. The lowest BCUT2D eigenvalue weighted by Crippen LogP contribution is -2.19. The first-order chi connectivity index (χ1) is 13.2. The van der Waals surface area contributed by atoms with E-state index in [9.17, 15) is 4.79 Å². The van der Waals surface area contributed by atoms with Crippen molar-refractivity contribution in [2.75, 3.05) is 0 Å². The van der Waals surface area contributed by atoms with Gasteiger partial charge in [0.25, 0.3) is 5.56 Å². The molecule has 0 saturated carbocycles. The van der Waals surface area contributed by atoms with Crippen molar-refractivity contribution in [3.05, 3.63) is 81.7 Å².